The van der Waals surface area contributed by atoms with Gasteiger partial charge in [0.15, 0.2) is 0 Å². The Labute approximate surface area is 182 Å². The van der Waals surface area contributed by atoms with Crippen LogP contribution >= 0.6 is 0 Å². The molecule has 4 aliphatic rings. The predicted molar refractivity (Wildman–Crippen MR) is 119 cm³/mol. The molecule has 5 rings (SSSR count). The first-order valence-electron chi connectivity index (χ1n) is 12.3. The van der Waals surface area contributed by atoms with Crippen LogP contribution in [-0.2, 0) is 14.9 Å². The zero-order valence-corrected chi connectivity index (χ0v) is 18.7. The molecule has 4 heteroatoms. The number of piperidine rings is 1. The van der Waals surface area contributed by atoms with Crippen LogP contribution in [0.25, 0.3) is 0 Å². The Bertz CT molecular complexity index is 749. The minimum absolute atomic E-state index is 0.259. The lowest BCUT2D eigenvalue weighted by Crippen LogP contribution is -2.48. The van der Waals surface area contributed by atoms with E-state index in [-0.39, 0.29) is 11.5 Å². The maximum absolute atomic E-state index is 12.9. The molecule has 0 aromatic heterocycles. The second kappa shape index (κ2) is 8.63. The average Bonchev–Trinajstić information content (AvgIpc) is 3.09. The largest absolute Gasteiger partial charge is 0.383 e. The number of benzene rings is 1. The van der Waals surface area contributed by atoms with E-state index in [9.17, 15) is 4.79 Å². The summed E-state index contributed by atoms with van der Waals surface area (Å²) in [6, 6.07) is 9.32. The number of methoxy groups -OCH3 is 1. The lowest BCUT2D eigenvalue weighted by atomic mass is 9.60. The Kier molecular flexibility index (Phi) is 5.90. The zero-order valence-electron chi connectivity index (χ0n) is 18.7. The standard InChI is InChI=1S/C26H38N2O2/c1-30-16-15-28-24(29)17-21-18-26(23-10-6-5-9-22(23)25(21)28)11-13-27(14-12-26)19-20-7-3-2-4-8-20/h5-6,9-10,20-21,25H,2-4,7-8,11-19H2,1H3/t21-,25-/m1/s1. The van der Waals surface area contributed by atoms with Gasteiger partial charge in [-0.3, -0.25) is 4.79 Å². The minimum Gasteiger partial charge on any atom is -0.383 e. The van der Waals surface area contributed by atoms with Crippen LogP contribution in [0.4, 0.5) is 0 Å². The fraction of sp³-hybridized carbons (Fsp3) is 0.731. The van der Waals surface area contributed by atoms with Crippen molar-refractivity contribution in [2.75, 3.05) is 39.9 Å². The van der Waals surface area contributed by atoms with Gasteiger partial charge in [-0.15, -0.1) is 0 Å². The molecule has 164 valence electrons. The van der Waals surface area contributed by atoms with E-state index in [4.69, 9.17) is 4.74 Å². The van der Waals surface area contributed by atoms with Crippen molar-refractivity contribution in [2.45, 2.75) is 69.2 Å². The summed E-state index contributed by atoms with van der Waals surface area (Å²) in [7, 11) is 1.73. The number of nitrogens with zero attached hydrogens (tertiary/aromatic N) is 2. The number of likely N-dealkylation sites (tertiary alicyclic amines) is 2. The van der Waals surface area contributed by atoms with Crippen LogP contribution in [0.15, 0.2) is 24.3 Å². The van der Waals surface area contributed by atoms with Crippen molar-refractivity contribution in [3.8, 4) is 0 Å². The molecule has 1 spiro atoms. The molecule has 2 aliphatic carbocycles. The van der Waals surface area contributed by atoms with E-state index in [1.165, 1.54) is 76.6 Å². The summed E-state index contributed by atoms with van der Waals surface area (Å²) in [4.78, 5) is 17.7. The SMILES string of the molecule is COCCN1C(=O)C[C@@H]2CC3(CCN(CC4CCCCC4)CC3)c3ccccc3[C@@H]21. The number of ether oxygens (including phenoxy) is 1. The van der Waals surface area contributed by atoms with E-state index in [0.29, 0.717) is 25.0 Å². The summed E-state index contributed by atoms with van der Waals surface area (Å²) in [5.41, 5.74) is 3.25. The number of amides is 1. The normalized spacial score (nSPS) is 29.2. The molecule has 2 saturated heterocycles. The molecule has 2 atom stereocenters. The van der Waals surface area contributed by atoms with E-state index < -0.39 is 0 Å². The lowest BCUT2D eigenvalue weighted by molar-refractivity contribution is -0.129. The second-order valence-corrected chi connectivity index (χ2v) is 10.4. The van der Waals surface area contributed by atoms with Gasteiger partial charge in [-0.2, -0.15) is 0 Å². The van der Waals surface area contributed by atoms with Crippen molar-refractivity contribution in [1.82, 2.24) is 9.80 Å². The average molecular weight is 411 g/mol. The molecule has 0 N–H and O–H groups in total. The maximum atomic E-state index is 12.9. The van der Waals surface area contributed by atoms with Gasteiger partial charge in [0.25, 0.3) is 0 Å². The van der Waals surface area contributed by atoms with Crippen molar-refractivity contribution < 1.29 is 9.53 Å². The Morgan fingerprint density at radius 1 is 1.10 bits per heavy atom. The van der Waals surface area contributed by atoms with Crippen LogP contribution in [0.1, 0.15) is 75.0 Å². The smallest absolute Gasteiger partial charge is 0.223 e. The Morgan fingerprint density at radius 2 is 1.87 bits per heavy atom. The van der Waals surface area contributed by atoms with Gasteiger partial charge in [-0.05, 0) is 73.6 Å². The minimum atomic E-state index is 0.259. The summed E-state index contributed by atoms with van der Waals surface area (Å²) in [6.07, 6.45) is 11.6. The fourth-order valence-electron chi connectivity index (χ4n) is 7.14. The third kappa shape index (κ3) is 3.71. The number of fused-ring (bicyclic) bond motifs is 4. The fourth-order valence-corrected chi connectivity index (χ4v) is 7.14. The highest BCUT2D eigenvalue weighted by atomic mass is 16.5. The third-order valence-corrected chi connectivity index (χ3v) is 8.63. The van der Waals surface area contributed by atoms with Gasteiger partial charge in [0, 0.05) is 26.6 Å². The molecule has 0 unspecified atom stereocenters. The van der Waals surface area contributed by atoms with Gasteiger partial charge in [0.05, 0.1) is 12.6 Å². The first-order chi connectivity index (χ1) is 14.7. The van der Waals surface area contributed by atoms with Gasteiger partial charge < -0.3 is 14.5 Å². The first kappa shape index (κ1) is 20.5. The molecule has 1 amide bonds. The quantitative estimate of drug-likeness (QED) is 0.714. The number of hydrogen-bond acceptors (Lipinski definition) is 3. The topological polar surface area (TPSA) is 32.8 Å². The van der Waals surface area contributed by atoms with Gasteiger partial charge in [-0.1, -0.05) is 43.5 Å². The van der Waals surface area contributed by atoms with Gasteiger partial charge in [-0.25, -0.2) is 0 Å². The Balaban J connectivity index is 1.34. The summed E-state index contributed by atoms with van der Waals surface area (Å²) in [6.45, 7) is 5.10. The van der Waals surface area contributed by atoms with Gasteiger partial charge in [0.1, 0.15) is 0 Å². The summed E-state index contributed by atoms with van der Waals surface area (Å²) in [5.74, 6) is 1.72. The van der Waals surface area contributed by atoms with E-state index >= 15 is 0 Å². The van der Waals surface area contributed by atoms with Gasteiger partial charge >= 0.3 is 0 Å². The van der Waals surface area contributed by atoms with Crippen LogP contribution in [0, 0.1) is 11.8 Å². The molecule has 3 fully saturated rings. The molecule has 1 saturated carbocycles. The number of carbonyl (C=O) groups excluding carboxylic acids is 1. The summed E-state index contributed by atoms with van der Waals surface area (Å²) in [5, 5.41) is 0. The Hall–Kier alpha value is -1.39. The maximum Gasteiger partial charge on any atom is 0.223 e. The van der Waals surface area contributed by atoms with Crippen LogP contribution < -0.4 is 0 Å². The molecule has 0 bridgehead atoms. The summed E-state index contributed by atoms with van der Waals surface area (Å²) < 4.78 is 5.30. The highest BCUT2D eigenvalue weighted by Gasteiger charge is 2.51. The van der Waals surface area contributed by atoms with E-state index in [1.807, 2.05) is 0 Å². The predicted octanol–water partition coefficient (Wildman–Crippen LogP) is 4.54. The summed E-state index contributed by atoms with van der Waals surface area (Å²) >= 11 is 0. The van der Waals surface area contributed by atoms with E-state index in [2.05, 4.69) is 34.1 Å². The zero-order chi connectivity index (χ0) is 20.6. The molecule has 1 aromatic rings. The highest BCUT2D eigenvalue weighted by molar-refractivity contribution is 5.80. The first-order valence-corrected chi connectivity index (χ1v) is 12.3. The Morgan fingerprint density at radius 3 is 2.63 bits per heavy atom. The van der Waals surface area contributed by atoms with Crippen molar-refractivity contribution in [3.05, 3.63) is 35.4 Å². The van der Waals surface area contributed by atoms with E-state index in [1.54, 1.807) is 12.7 Å². The second-order valence-electron chi connectivity index (χ2n) is 10.4. The van der Waals surface area contributed by atoms with Crippen molar-refractivity contribution in [1.29, 1.82) is 0 Å². The highest BCUT2D eigenvalue weighted by Crippen LogP contribution is 2.55. The monoisotopic (exact) mass is 410 g/mol. The molecule has 0 radical (unpaired) electrons. The van der Waals surface area contributed by atoms with Crippen molar-refractivity contribution in [2.24, 2.45) is 11.8 Å². The van der Waals surface area contributed by atoms with Crippen LogP contribution in [0.3, 0.4) is 0 Å². The van der Waals surface area contributed by atoms with Crippen LogP contribution in [0.5, 0.6) is 0 Å². The number of hydrogen-bond donors (Lipinski definition) is 0. The molecule has 30 heavy (non-hydrogen) atoms. The third-order valence-electron chi connectivity index (χ3n) is 8.63. The molecular weight excluding hydrogens is 372 g/mol. The van der Waals surface area contributed by atoms with Crippen molar-refractivity contribution in [3.63, 3.8) is 0 Å². The van der Waals surface area contributed by atoms with Crippen LogP contribution in [-0.4, -0.2) is 55.6 Å². The molecular formula is C26H38N2O2. The molecule has 1 aromatic carbocycles. The molecule has 2 aliphatic heterocycles. The number of rotatable bonds is 5. The molecule has 4 nitrogen and oxygen atoms in total. The van der Waals surface area contributed by atoms with Crippen molar-refractivity contribution >= 4 is 5.91 Å². The van der Waals surface area contributed by atoms with E-state index in [0.717, 1.165) is 12.3 Å². The number of carbonyl (C=O) groups is 1. The van der Waals surface area contributed by atoms with Gasteiger partial charge in [0.2, 0.25) is 5.91 Å². The lowest BCUT2D eigenvalue weighted by Gasteiger charge is -2.50. The van der Waals surface area contributed by atoms with Crippen LogP contribution in [0.2, 0.25) is 0 Å². The molecule has 2 heterocycles.